The summed E-state index contributed by atoms with van der Waals surface area (Å²) in [5.74, 6) is -1.39. The van der Waals surface area contributed by atoms with Crippen LogP contribution in [0.25, 0.3) is 11.2 Å². The number of hydrogen-bond donors (Lipinski definition) is 2. The van der Waals surface area contributed by atoms with E-state index in [2.05, 4.69) is 15.0 Å². The SMILES string of the molecule is COc1ccc(C(=O)Oc2ccc(CS[P@@]3(=O)OC[C@H]4O[C@@H](N5C=CC(=O)CC5=O)[C@H](OP(=O)(O)OC[C@H]5O[C@@H](n6cnc7c(N)ncnc76)[C@H](O3)[C@@H]5F)[C@@H]4F)cc2)cc1. The number of alkyl halides is 2. The molecule has 2 aromatic heterocycles. The molecule has 3 N–H and O–H groups in total. The van der Waals surface area contributed by atoms with Crippen LogP contribution in [0.1, 0.15) is 28.6 Å². The number of carbonyl (C=O) groups is 3. The van der Waals surface area contributed by atoms with E-state index in [1.54, 1.807) is 24.3 Å². The molecule has 1 unspecified atom stereocenters. The van der Waals surface area contributed by atoms with Gasteiger partial charge in [0.05, 0.1) is 38.6 Å². The van der Waals surface area contributed by atoms with Gasteiger partial charge in [0.25, 0.3) is 0 Å². The van der Waals surface area contributed by atoms with E-state index in [1.165, 1.54) is 42.3 Å². The number of nitrogens with zero attached hydrogens (tertiary/aromatic N) is 5. The Bertz CT molecular complexity index is 2410. The Balaban J connectivity index is 1.08. The van der Waals surface area contributed by atoms with Gasteiger partial charge in [-0.25, -0.2) is 37.7 Å². The monoisotopic (exact) mass is 894 g/mol. The first-order valence-corrected chi connectivity index (χ1v) is 22.6. The number of rotatable bonds is 8. The Morgan fingerprint density at radius 1 is 0.933 bits per heavy atom. The molecule has 4 aliphatic heterocycles. The van der Waals surface area contributed by atoms with E-state index < -0.39 is 101 Å². The van der Waals surface area contributed by atoms with Crippen molar-refractivity contribution in [3.8, 4) is 11.5 Å². The minimum Gasteiger partial charge on any atom is -0.497 e. The Hall–Kier alpha value is -4.67. The third-order valence-electron chi connectivity index (χ3n) is 9.65. The summed E-state index contributed by atoms with van der Waals surface area (Å²) >= 11 is 0.595. The first-order valence-electron chi connectivity index (χ1n) is 17.9. The summed E-state index contributed by atoms with van der Waals surface area (Å²) in [4.78, 5) is 61.2. The molecule has 1 amide bonds. The van der Waals surface area contributed by atoms with E-state index in [4.69, 9.17) is 42.8 Å². The number of phosphoric ester groups is 1. The van der Waals surface area contributed by atoms with Gasteiger partial charge < -0.3 is 29.6 Å². The van der Waals surface area contributed by atoms with Crippen LogP contribution < -0.4 is 15.2 Å². The number of benzene rings is 2. The number of nitrogen functional groups attached to an aromatic ring is 1. The van der Waals surface area contributed by atoms with Crippen molar-refractivity contribution in [3.63, 3.8) is 0 Å². The minimum absolute atomic E-state index is 0.0174. The maximum Gasteiger partial charge on any atom is 0.472 e. The van der Waals surface area contributed by atoms with Crippen LogP contribution in [-0.2, 0) is 52.0 Å². The fraction of sp³-hybridized carbons (Fsp3) is 0.371. The second-order valence-electron chi connectivity index (χ2n) is 13.5. The molecule has 2 aromatic carbocycles. The topological polar surface area (TPSA) is 252 Å². The van der Waals surface area contributed by atoms with Gasteiger partial charge >= 0.3 is 20.6 Å². The lowest BCUT2D eigenvalue weighted by Crippen LogP contribution is -2.46. The van der Waals surface area contributed by atoms with E-state index in [0.29, 0.717) is 22.7 Å². The standard InChI is InChI=1S/C35H34F2N6O14P2S/c1-50-21-8-4-19(5-9-21)35(46)53-22-6-2-18(3-7-22)15-60-59(49)52-14-24-26(36)29(33(54-24)42-11-10-20(44)12-25(42)45)56-58(47,48)51-13-23-27(37)30(57-59)34(55-23)43-17-41-28-31(38)39-16-40-32(28)43/h2-11,16-17,23-24,26-27,29-30,33-34H,12-15H2,1H3,(H,47,48)(H2,38,39,40)/t23-,24-,26-,27-,29-,30-,33-,34-,59+/m1/s1. The van der Waals surface area contributed by atoms with Crippen LogP contribution >= 0.6 is 26.0 Å². The van der Waals surface area contributed by atoms with Crippen LogP contribution in [0.3, 0.4) is 0 Å². The maximum absolute atomic E-state index is 16.6. The quantitative estimate of drug-likeness (QED) is 0.109. The molecule has 20 nitrogen and oxygen atoms in total. The molecule has 0 spiro atoms. The smallest absolute Gasteiger partial charge is 0.472 e. The predicted molar refractivity (Wildman–Crippen MR) is 202 cm³/mol. The Morgan fingerprint density at radius 2 is 1.60 bits per heavy atom. The summed E-state index contributed by atoms with van der Waals surface area (Å²) < 4.78 is 107. The second-order valence-corrected chi connectivity index (χ2v) is 19.0. The summed E-state index contributed by atoms with van der Waals surface area (Å²) in [7, 11) is -3.78. The van der Waals surface area contributed by atoms with Gasteiger partial charge in [0.1, 0.15) is 47.8 Å². The molecule has 4 bridgehead atoms. The molecule has 318 valence electrons. The average molecular weight is 895 g/mol. The fourth-order valence-corrected chi connectivity index (χ4v) is 10.9. The van der Waals surface area contributed by atoms with Crippen molar-refractivity contribution in [2.75, 3.05) is 26.1 Å². The summed E-state index contributed by atoms with van der Waals surface area (Å²) in [6.07, 6.45) is -11.3. The van der Waals surface area contributed by atoms with Gasteiger partial charge in [-0.05, 0) is 59.4 Å². The highest BCUT2D eigenvalue weighted by molar-refractivity contribution is 8.54. The molecule has 10 atom stereocenters. The minimum atomic E-state index is -5.28. The lowest BCUT2D eigenvalue weighted by molar-refractivity contribution is -0.148. The van der Waals surface area contributed by atoms with Crippen molar-refractivity contribution in [2.24, 2.45) is 0 Å². The highest BCUT2D eigenvalue weighted by Crippen LogP contribution is 2.65. The zero-order chi connectivity index (χ0) is 42.3. The van der Waals surface area contributed by atoms with Crippen LogP contribution in [0.2, 0.25) is 0 Å². The number of phosphoric acid groups is 1. The molecule has 3 saturated heterocycles. The maximum atomic E-state index is 16.6. The molecule has 25 heteroatoms. The molecule has 60 heavy (non-hydrogen) atoms. The van der Waals surface area contributed by atoms with Crippen molar-refractivity contribution in [3.05, 3.63) is 84.6 Å². The summed E-state index contributed by atoms with van der Waals surface area (Å²) in [6.45, 7) is -6.50. The van der Waals surface area contributed by atoms with Gasteiger partial charge in [0.15, 0.2) is 42.0 Å². The number of halogens is 2. The molecule has 0 saturated carbocycles. The van der Waals surface area contributed by atoms with E-state index in [-0.39, 0.29) is 34.0 Å². The van der Waals surface area contributed by atoms with Gasteiger partial charge in [-0.2, -0.15) is 0 Å². The normalized spacial score (nSPS) is 32.2. The van der Waals surface area contributed by atoms with Gasteiger partial charge in [-0.3, -0.25) is 37.2 Å². The molecule has 4 aliphatic rings. The Morgan fingerprint density at radius 3 is 2.30 bits per heavy atom. The lowest BCUT2D eigenvalue weighted by Gasteiger charge is -2.31. The van der Waals surface area contributed by atoms with Gasteiger partial charge in [0.2, 0.25) is 5.91 Å². The van der Waals surface area contributed by atoms with Crippen molar-refractivity contribution in [1.29, 1.82) is 0 Å². The summed E-state index contributed by atoms with van der Waals surface area (Å²) in [5.41, 5.74) is 6.93. The lowest BCUT2D eigenvalue weighted by atomic mass is 10.1. The number of methoxy groups -OCH3 is 1. The third-order valence-corrected chi connectivity index (χ3v) is 14.3. The number of nitrogens with two attached hydrogens (primary N) is 1. The van der Waals surface area contributed by atoms with E-state index in [0.717, 1.165) is 23.5 Å². The van der Waals surface area contributed by atoms with E-state index in [1.807, 2.05) is 0 Å². The highest BCUT2D eigenvalue weighted by Gasteiger charge is 2.56. The number of anilines is 1. The number of ether oxygens (including phenoxy) is 4. The fourth-order valence-electron chi connectivity index (χ4n) is 6.62. The Labute approximate surface area is 342 Å². The van der Waals surface area contributed by atoms with Crippen LogP contribution in [0.15, 0.2) is 73.5 Å². The number of aromatic nitrogens is 4. The Kier molecular flexibility index (Phi) is 11.9. The van der Waals surface area contributed by atoms with Crippen LogP contribution in [0, 0.1) is 0 Å². The van der Waals surface area contributed by atoms with Crippen molar-refractivity contribution >= 4 is 60.6 Å². The molecule has 8 rings (SSSR count). The summed E-state index contributed by atoms with van der Waals surface area (Å²) in [5, 5.41) is 0. The number of hydrogen-bond acceptors (Lipinski definition) is 18. The largest absolute Gasteiger partial charge is 0.497 e. The zero-order valence-electron chi connectivity index (χ0n) is 31.0. The molecule has 0 radical (unpaired) electrons. The number of imidazole rings is 1. The highest BCUT2D eigenvalue weighted by atomic mass is 32.7. The van der Waals surface area contributed by atoms with Crippen molar-refractivity contribution in [2.45, 2.75) is 61.4 Å². The van der Waals surface area contributed by atoms with Gasteiger partial charge in [0, 0.05) is 12.0 Å². The molecule has 6 heterocycles. The van der Waals surface area contributed by atoms with E-state index >= 15 is 8.78 Å². The number of esters is 1. The predicted octanol–water partition coefficient (Wildman–Crippen LogP) is 4.21. The van der Waals surface area contributed by atoms with Crippen molar-refractivity contribution in [1.82, 2.24) is 24.4 Å². The molecular formula is C35H34F2N6O14P2S. The number of ketones is 1. The average Bonchev–Trinajstić information content (AvgIpc) is 3.89. The van der Waals surface area contributed by atoms with Crippen LogP contribution in [0.5, 0.6) is 11.5 Å². The van der Waals surface area contributed by atoms with Gasteiger partial charge in [-0.1, -0.05) is 12.1 Å². The number of amides is 1. The zero-order valence-corrected chi connectivity index (χ0v) is 33.6. The molecule has 3 fully saturated rings. The van der Waals surface area contributed by atoms with Crippen molar-refractivity contribution < 1.29 is 74.2 Å². The van der Waals surface area contributed by atoms with Gasteiger partial charge in [-0.15, -0.1) is 0 Å². The summed E-state index contributed by atoms with van der Waals surface area (Å²) in [6, 6.07) is 12.4. The first kappa shape index (κ1) is 42.0. The van der Waals surface area contributed by atoms with E-state index in [9.17, 15) is 28.4 Å². The number of fused-ring (bicyclic) bond motifs is 5. The first-order chi connectivity index (χ1) is 28.7. The molecular weight excluding hydrogens is 860 g/mol. The molecule has 0 aliphatic carbocycles. The van der Waals surface area contributed by atoms with Crippen LogP contribution in [-0.4, -0.2) is 110 Å². The van der Waals surface area contributed by atoms with Crippen LogP contribution in [0.4, 0.5) is 14.6 Å². The second kappa shape index (κ2) is 17.0. The number of carbonyl (C=O) groups excluding carboxylic acids is 3. The molecule has 4 aromatic rings. The number of allylic oxidation sites excluding steroid dienone is 1. The third kappa shape index (κ3) is 8.73.